The molecule has 1 saturated carbocycles. The van der Waals surface area contributed by atoms with Gasteiger partial charge >= 0.3 is 0 Å². The van der Waals surface area contributed by atoms with Gasteiger partial charge in [-0.25, -0.2) is 8.78 Å². The molecule has 0 spiro atoms. The Balaban J connectivity index is 1.72. The summed E-state index contributed by atoms with van der Waals surface area (Å²) in [5.74, 6) is -1.38. The molecule has 4 rings (SSSR count). The molecule has 1 fully saturated rings. The standard InChI is InChI=1S/C23H24F2N4O2/c1-23(2)15-9-13(11-29(8-4-7-26)19(31)12-30)22-14(21(15)23)10-18(27-28-22)20-16(24)5-3-6-17(20)25/h3,5-6,10,13,15,21,30H,4,8-9,11-12H2,1-2H3. The van der Waals surface area contributed by atoms with Gasteiger partial charge in [0, 0.05) is 19.0 Å². The maximum Gasteiger partial charge on any atom is 0.248 e. The van der Waals surface area contributed by atoms with Crippen LogP contribution in [-0.4, -0.2) is 45.8 Å². The van der Waals surface area contributed by atoms with E-state index >= 15 is 0 Å². The molecule has 1 heterocycles. The van der Waals surface area contributed by atoms with Gasteiger partial charge in [-0.3, -0.25) is 4.79 Å². The molecule has 1 N–H and O–H groups in total. The van der Waals surface area contributed by atoms with Crippen LogP contribution in [-0.2, 0) is 4.79 Å². The minimum Gasteiger partial charge on any atom is -0.387 e. The van der Waals surface area contributed by atoms with Crippen LogP contribution in [0.5, 0.6) is 0 Å². The van der Waals surface area contributed by atoms with Crippen LogP contribution in [0.4, 0.5) is 8.78 Å². The Morgan fingerprint density at radius 3 is 2.68 bits per heavy atom. The molecule has 3 atom stereocenters. The Bertz CT molecular complexity index is 1050. The molecular weight excluding hydrogens is 402 g/mol. The molecule has 0 saturated heterocycles. The van der Waals surface area contributed by atoms with Crippen LogP contribution in [0.1, 0.15) is 49.8 Å². The van der Waals surface area contributed by atoms with Crippen molar-refractivity contribution in [2.45, 2.75) is 38.5 Å². The summed E-state index contributed by atoms with van der Waals surface area (Å²) in [6.07, 6.45) is 0.967. The van der Waals surface area contributed by atoms with Crippen molar-refractivity contribution in [3.63, 3.8) is 0 Å². The van der Waals surface area contributed by atoms with Gasteiger partial charge in [-0.15, -0.1) is 0 Å². The number of aliphatic hydroxyl groups excluding tert-OH is 1. The van der Waals surface area contributed by atoms with E-state index in [0.29, 0.717) is 12.5 Å². The number of aliphatic hydroxyl groups is 1. The van der Waals surface area contributed by atoms with Gasteiger partial charge in [-0.2, -0.15) is 15.5 Å². The number of benzene rings is 1. The minimum atomic E-state index is -0.690. The number of carbonyl (C=O) groups excluding carboxylic acids is 1. The SMILES string of the molecule is CC1(C)C2CC(CN(CCC#N)C(=O)CO)c3nnc(-c4c(F)cccc4F)cc3C21. The van der Waals surface area contributed by atoms with E-state index < -0.39 is 24.1 Å². The third-order valence-electron chi connectivity index (χ3n) is 6.81. The topological polar surface area (TPSA) is 90.1 Å². The summed E-state index contributed by atoms with van der Waals surface area (Å²) in [4.78, 5) is 13.7. The third kappa shape index (κ3) is 3.68. The van der Waals surface area contributed by atoms with Gasteiger partial charge in [0.1, 0.15) is 18.2 Å². The van der Waals surface area contributed by atoms with Crippen molar-refractivity contribution in [2.75, 3.05) is 19.7 Å². The highest BCUT2D eigenvalue weighted by Gasteiger charge is 2.62. The number of hydrogen-bond acceptors (Lipinski definition) is 5. The quantitative estimate of drug-likeness (QED) is 0.765. The normalized spacial score (nSPS) is 22.8. The fourth-order valence-corrected chi connectivity index (χ4v) is 5.10. The van der Waals surface area contributed by atoms with Gasteiger partial charge in [0.2, 0.25) is 5.91 Å². The number of rotatable bonds is 6. The van der Waals surface area contributed by atoms with E-state index in [0.717, 1.165) is 17.7 Å². The number of nitriles is 1. The summed E-state index contributed by atoms with van der Waals surface area (Å²) in [6.45, 7) is 4.23. The van der Waals surface area contributed by atoms with Crippen LogP contribution < -0.4 is 0 Å². The number of aromatic nitrogens is 2. The van der Waals surface area contributed by atoms with Gasteiger partial charge in [-0.05, 0) is 47.4 Å². The van der Waals surface area contributed by atoms with Gasteiger partial charge < -0.3 is 10.0 Å². The molecule has 8 heteroatoms. The van der Waals surface area contributed by atoms with Crippen molar-refractivity contribution in [1.82, 2.24) is 15.1 Å². The highest BCUT2D eigenvalue weighted by molar-refractivity contribution is 5.77. The maximum absolute atomic E-state index is 14.3. The Kier molecular flexibility index (Phi) is 5.48. The van der Waals surface area contributed by atoms with E-state index in [1.807, 2.05) is 6.07 Å². The van der Waals surface area contributed by atoms with E-state index in [2.05, 4.69) is 24.0 Å². The molecule has 0 radical (unpaired) electrons. The predicted molar refractivity (Wildman–Crippen MR) is 109 cm³/mol. The van der Waals surface area contributed by atoms with Crippen LogP contribution in [0.25, 0.3) is 11.3 Å². The van der Waals surface area contributed by atoms with Crippen molar-refractivity contribution in [3.8, 4) is 17.3 Å². The van der Waals surface area contributed by atoms with Gasteiger partial charge in [0.15, 0.2) is 0 Å². The zero-order valence-corrected chi connectivity index (χ0v) is 17.5. The molecule has 1 aromatic heterocycles. The Hall–Kier alpha value is -2.92. The first-order chi connectivity index (χ1) is 14.8. The monoisotopic (exact) mass is 426 g/mol. The first-order valence-electron chi connectivity index (χ1n) is 10.4. The number of nitrogens with zero attached hydrogens (tertiary/aromatic N) is 4. The van der Waals surface area contributed by atoms with Crippen molar-refractivity contribution >= 4 is 5.91 Å². The first-order valence-corrected chi connectivity index (χ1v) is 10.4. The number of carbonyl (C=O) groups is 1. The lowest BCUT2D eigenvalue weighted by atomic mass is 9.86. The summed E-state index contributed by atoms with van der Waals surface area (Å²) in [5.41, 5.74) is 1.61. The van der Waals surface area contributed by atoms with Crippen molar-refractivity contribution in [3.05, 3.63) is 47.2 Å². The van der Waals surface area contributed by atoms with Gasteiger partial charge in [0.25, 0.3) is 0 Å². The molecule has 162 valence electrons. The molecule has 0 bridgehead atoms. The summed E-state index contributed by atoms with van der Waals surface area (Å²) in [5, 5.41) is 26.7. The second-order valence-corrected chi connectivity index (χ2v) is 8.91. The van der Waals surface area contributed by atoms with Crippen LogP contribution in [0.3, 0.4) is 0 Å². The number of hydrogen-bond donors (Lipinski definition) is 1. The largest absolute Gasteiger partial charge is 0.387 e. The van der Waals surface area contributed by atoms with Gasteiger partial charge in [-0.1, -0.05) is 19.9 Å². The summed E-state index contributed by atoms with van der Waals surface area (Å²) >= 11 is 0. The zero-order valence-electron chi connectivity index (χ0n) is 17.5. The summed E-state index contributed by atoms with van der Waals surface area (Å²) < 4.78 is 28.6. The zero-order chi connectivity index (χ0) is 22.3. The van der Waals surface area contributed by atoms with Crippen molar-refractivity contribution in [2.24, 2.45) is 11.3 Å². The third-order valence-corrected chi connectivity index (χ3v) is 6.81. The van der Waals surface area contributed by atoms with Gasteiger partial charge in [0.05, 0.1) is 29.4 Å². The molecule has 1 aromatic carbocycles. The average Bonchev–Trinajstić information content (AvgIpc) is 3.30. The highest BCUT2D eigenvalue weighted by atomic mass is 19.1. The van der Waals surface area contributed by atoms with E-state index in [9.17, 15) is 18.7 Å². The fourth-order valence-electron chi connectivity index (χ4n) is 5.10. The van der Waals surface area contributed by atoms with E-state index in [1.54, 1.807) is 6.07 Å². The molecule has 3 unspecified atom stereocenters. The van der Waals surface area contributed by atoms with E-state index in [4.69, 9.17) is 5.26 Å². The average molecular weight is 426 g/mol. The highest BCUT2D eigenvalue weighted by Crippen LogP contribution is 2.70. The minimum absolute atomic E-state index is 0.00997. The van der Waals surface area contributed by atoms with E-state index in [-0.39, 0.29) is 41.5 Å². The maximum atomic E-state index is 14.3. The molecule has 6 nitrogen and oxygen atoms in total. The molecular formula is C23H24F2N4O2. The molecule has 2 aliphatic rings. The lowest BCUT2D eigenvalue weighted by Gasteiger charge is -2.29. The number of amides is 1. The Morgan fingerprint density at radius 2 is 2.03 bits per heavy atom. The van der Waals surface area contributed by atoms with Crippen LogP contribution in [0, 0.1) is 34.3 Å². The lowest BCUT2D eigenvalue weighted by Crippen LogP contribution is -2.38. The molecule has 2 aliphatic carbocycles. The summed E-state index contributed by atoms with van der Waals surface area (Å²) in [6, 6.07) is 7.46. The number of fused-ring (bicyclic) bond motifs is 3. The van der Waals surface area contributed by atoms with E-state index in [1.165, 1.54) is 23.1 Å². The molecule has 31 heavy (non-hydrogen) atoms. The lowest BCUT2D eigenvalue weighted by molar-refractivity contribution is -0.134. The van der Waals surface area contributed by atoms with Crippen molar-refractivity contribution < 1.29 is 18.7 Å². The van der Waals surface area contributed by atoms with Crippen LogP contribution >= 0.6 is 0 Å². The summed E-state index contributed by atoms with van der Waals surface area (Å²) in [7, 11) is 0. The Labute approximate surface area is 179 Å². The second kappa shape index (κ2) is 7.97. The molecule has 2 aromatic rings. The van der Waals surface area contributed by atoms with Crippen LogP contribution in [0.2, 0.25) is 0 Å². The predicted octanol–water partition coefficient (Wildman–Crippen LogP) is 3.38. The molecule has 0 aliphatic heterocycles. The Morgan fingerprint density at radius 1 is 1.32 bits per heavy atom. The fraction of sp³-hybridized carbons (Fsp3) is 0.478. The van der Waals surface area contributed by atoms with Crippen molar-refractivity contribution in [1.29, 1.82) is 5.26 Å². The molecule has 1 amide bonds. The second-order valence-electron chi connectivity index (χ2n) is 8.91. The number of halogens is 2. The first kappa shape index (κ1) is 21.3. The smallest absolute Gasteiger partial charge is 0.248 e. The van der Waals surface area contributed by atoms with Crippen LogP contribution in [0.15, 0.2) is 24.3 Å².